The lowest BCUT2D eigenvalue weighted by Crippen LogP contribution is -2.27. The van der Waals surface area contributed by atoms with Gasteiger partial charge < -0.3 is 10.1 Å². The molecule has 1 heterocycles. The summed E-state index contributed by atoms with van der Waals surface area (Å²) >= 11 is 0. The zero-order valence-electron chi connectivity index (χ0n) is 10.2. The van der Waals surface area contributed by atoms with Gasteiger partial charge in [-0.25, -0.2) is 0 Å². The number of nitriles is 1. The van der Waals surface area contributed by atoms with Crippen LogP contribution >= 0.6 is 0 Å². The summed E-state index contributed by atoms with van der Waals surface area (Å²) in [5, 5.41) is 22.5. The molecule has 0 spiro atoms. The molecule has 0 bridgehead atoms. The van der Waals surface area contributed by atoms with Crippen molar-refractivity contribution in [1.29, 1.82) is 5.26 Å². The highest BCUT2D eigenvalue weighted by atomic mass is 16.6. The first-order valence-electron chi connectivity index (χ1n) is 5.46. The number of rotatable bonds is 6. The minimum absolute atomic E-state index is 0.211. The van der Waals surface area contributed by atoms with Crippen molar-refractivity contribution in [2.45, 2.75) is 19.9 Å². The third-order valence-electron chi connectivity index (χ3n) is 2.06. The summed E-state index contributed by atoms with van der Waals surface area (Å²) in [5.41, 5.74) is -0.556. The average Bonchev–Trinajstić information content (AvgIpc) is 2.33. The van der Waals surface area contributed by atoms with Gasteiger partial charge in [-0.15, -0.1) is 0 Å². The van der Waals surface area contributed by atoms with Crippen LogP contribution in [0, 0.1) is 21.4 Å². The van der Waals surface area contributed by atoms with E-state index in [0.29, 0.717) is 19.2 Å². The molecule has 0 aromatic carbocycles. The summed E-state index contributed by atoms with van der Waals surface area (Å²) in [5.74, 6) is 0.211. The Bertz CT molecular complexity index is 468. The van der Waals surface area contributed by atoms with Gasteiger partial charge in [0.1, 0.15) is 12.7 Å². The molecular weight excluding hydrogens is 236 g/mol. The highest BCUT2D eigenvalue weighted by Gasteiger charge is 2.15. The number of aromatic nitrogens is 1. The lowest BCUT2D eigenvalue weighted by molar-refractivity contribution is -0.385. The number of hydrogen-bond donors (Lipinski definition) is 1. The normalized spacial score (nSPS) is 10.1. The Morgan fingerprint density at radius 3 is 2.89 bits per heavy atom. The number of pyridine rings is 1. The van der Waals surface area contributed by atoms with E-state index in [1.807, 2.05) is 13.8 Å². The lowest BCUT2D eigenvalue weighted by atomic mass is 10.3. The Morgan fingerprint density at radius 1 is 1.61 bits per heavy atom. The summed E-state index contributed by atoms with van der Waals surface area (Å²) in [4.78, 5) is 13.7. The highest BCUT2D eigenvalue weighted by Crippen LogP contribution is 2.19. The maximum absolute atomic E-state index is 10.6. The quantitative estimate of drug-likeness (QED) is 0.463. The molecule has 0 aliphatic carbocycles. The van der Waals surface area contributed by atoms with Crippen molar-refractivity contribution in [3.8, 4) is 11.9 Å². The van der Waals surface area contributed by atoms with E-state index < -0.39 is 4.92 Å². The molecule has 0 saturated heterocycles. The molecule has 0 aliphatic heterocycles. The topological polar surface area (TPSA) is 101 Å². The van der Waals surface area contributed by atoms with Crippen LogP contribution in [0.2, 0.25) is 0 Å². The van der Waals surface area contributed by atoms with Crippen molar-refractivity contribution in [3.05, 3.63) is 27.9 Å². The second kappa shape index (κ2) is 6.51. The first-order valence-corrected chi connectivity index (χ1v) is 5.46. The Labute approximate surface area is 105 Å². The van der Waals surface area contributed by atoms with Crippen LogP contribution in [-0.2, 0) is 0 Å². The fourth-order valence-electron chi connectivity index (χ4n) is 1.25. The van der Waals surface area contributed by atoms with E-state index in [1.165, 1.54) is 12.1 Å². The number of ether oxygens (including phenoxy) is 1. The number of nitro groups is 1. The van der Waals surface area contributed by atoms with Crippen molar-refractivity contribution in [2.24, 2.45) is 0 Å². The van der Waals surface area contributed by atoms with Crippen LogP contribution < -0.4 is 10.1 Å². The van der Waals surface area contributed by atoms with Crippen molar-refractivity contribution in [2.75, 3.05) is 13.2 Å². The molecular formula is C11H14N4O3. The summed E-state index contributed by atoms with van der Waals surface area (Å²) in [6.45, 7) is 5.04. The molecule has 0 fully saturated rings. The Balaban J connectivity index is 2.63. The molecule has 1 aromatic rings. The summed E-state index contributed by atoms with van der Waals surface area (Å²) in [6.07, 6.45) is 0. The fraction of sp³-hybridized carbons (Fsp3) is 0.455. The molecule has 0 amide bonds. The highest BCUT2D eigenvalue weighted by molar-refractivity contribution is 5.45. The maximum atomic E-state index is 10.6. The zero-order chi connectivity index (χ0) is 13.5. The van der Waals surface area contributed by atoms with Crippen LogP contribution in [0.3, 0.4) is 0 Å². The third kappa shape index (κ3) is 3.99. The van der Waals surface area contributed by atoms with Gasteiger partial charge in [0.2, 0.25) is 11.6 Å². The van der Waals surface area contributed by atoms with Crippen LogP contribution in [0.4, 0.5) is 5.69 Å². The molecule has 0 saturated carbocycles. The molecule has 18 heavy (non-hydrogen) atoms. The number of hydrogen-bond acceptors (Lipinski definition) is 6. The molecule has 96 valence electrons. The van der Waals surface area contributed by atoms with Crippen LogP contribution in [0.15, 0.2) is 12.1 Å². The van der Waals surface area contributed by atoms with E-state index >= 15 is 0 Å². The van der Waals surface area contributed by atoms with Crippen LogP contribution in [0.25, 0.3) is 0 Å². The molecule has 0 atom stereocenters. The van der Waals surface area contributed by atoms with E-state index in [9.17, 15) is 10.1 Å². The monoisotopic (exact) mass is 250 g/mol. The molecule has 7 heteroatoms. The van der Waals surface area contributed by atoms with Crippen LogP contribution in [0.5, 0.6) is 5.88 Å². The summed E-state index contributed by atoms with van der Waals surface area (Å²) < 4.78 is 5.29. The van der Waals surface area contributed by atoms with E-state index in [4.69, 9.17) is 10.00 Å². The van der Waals surface area contributed by atoms with E-state index in [0.717, 1.165) is 0 Å². The smallest absolute Gasteiger partial charge is 0.305 e. The van der Waals surface area contributed by atoms with Gasteiger partial charge in [0.05, 0.1) is 4.92 Å². The second-order valence-electron chi connectivity index (χ2n) is 3.84. The molecule has 1 N–H and O–H groups in total. The Kier molecular flexibility index (Phi) is 5.02. The van der Waals surface area contributed by atoms with Crippen molar-refractivity contribution in [3.63, 3.8) is 0 Å². The predicted octanol–water partition coefficient (Wildman–Crippen LogP) is 1.24. The fourth-order valence-corrected chi connectivity index (χ4v) is 1.25. The average molecular weight is 250 g/mol. The Morgan fingerprint density at radius 2 is 2.33 bits per heavy atom. The maximum Gasteiger partial charge on any atom is 0.305 e. The van der Waals surface area contributed by atoms with Crippen molar-refractivity contribution >= 4 is 5.69 Å². The van der Waals surface area contributed by atoms with E-state index in [-0.39, 0.29) is 17.3 Å². The van der Waals surface area contributed by atoms with Crippen molar-refractivity contribution < 1.29 is 9.66 Å². The van der Waals surface area contributed by atoms with Gasteiger partial charge in [-0.3, -0.25) is 10.1 Å². The van der Waals surface area contributed by atoms with Gasteiger partial charge in [0.15, 0.2) is 0 Å². The molecule has 1 aromatic heterocycles. The molecule has 0 radical (unpaired) electrons. The van der Waals surface area contributed by atoms with Gasteiger partial charge in [-0.1, -0.05) is 13.8 Å². The molecule has 7 nitrogen and oxygen atoms in total. The van der Waals surface area contributed by atoms with Gasteiger partial charge in [-0.05, 0) is 0 Å². The molecule has 1 rings (SSSR count). The minimum Gasteiger partial charge on any atom is -0.476 e. The largest absolute Gasteiger partial charge is 0.476 e. The Hall–Kier alpha value is -2.20. The molecule has 0 aliphatic rings. The predicted molar refractivity (Wildman–Crippen MR) is 64.2 cm³/mol. The number of nitrogens with zero attached hydrogens (tertiary/aromatic N) is 3. The summed E-state index contributed by atoms with van der Waals surface area (Å²) in [7, 11) is 0. The standard InChI is InChI=1S/C11H14N4O3/c1-8(2)13-5-6-18-11-4-3-10(15(16)17)9(7-12)14-11/h3-4,8,13H,5-6H2,1-2H3. The first kappa shape index (κ1) is 13.9. The van der Waals surface area contributed by atoms with Gasteiger partial charge in [0, 0.05) is 24.7 Å². The summed E-state index contributed by atoms with van der Waals surface area (Å²) in [6, 6.07) is 4.63. The van der Waals surface area contributed by atoms with Crippen LogP contribution in [0.1, 0.15) is 19.5 Å². The zero-order valence-corrected chi connectivity index (χ0v) is 10.2. The number of nitrogens with one attached hydrogen (secondary N) is 1. The molecule has 0 unspecified atom stereocenters. The second-order valence-corrected chi connectivity index (χ2v) is 3.84. The van der Waals surface area contributed by atoms with Gasteiger partial charge in [0.25, 0.3) is 0 Å². The van der Waals surface area contributed by atoms with Gasteiger partial charge >= 0.3 is 5.69 Å². The van der Waals surface area contributed by atoms with Gasteiger partial charge in [-0.2, -0.15) is 10.2 Å². The van der Waals surface area contributed by atoms with E-state index in [2.05, 4.69) is 10.3 Å². The van der Waals surface area contributed by atoms with Crippen LogP contribution in [-0.4, -0.2) is 29.1 Å². The SMILES string of the molecule is CC(C)NCCOc1ccc([N+](=O)[O-])c(C#N)n1. The lowest BCUT2D eigenvalue weighted by Gasteiger charge is -2.09. The minimum atomic E-state index is -0.643. The first-order chi connectivity index (χ1) is 8.54. The third-order valence-corrected chi connectivity index (χ3v) is 2.06. The van der Waals surface area contributed by atoms with Crippen molar-refractivity contribution in [1.82, 2.24) is 10.3 Å². The van der Waals surface area contributed by atoms with E-state index in [1.54, 1.807) is 6.07 Å².